The fourth-order valence-electron chi connectivity index (χ4n) is 2.83. The van der Waals surface area contributed by atoms with Crippen molar-refractivity contribution in [1.29, 1.82) is 0 Å². The predicted molar refractivity (Wildman–Crippen MR) is 84.4 cm³/mol. The zero-order valence-corrected chi connectivity index (χ0v) is 13.3. The Labute approximate surface area is 131 Å². The largest absolute Gasteiger partial charge is 0.356 e. The average Bonchev–Trinajstić information content (AvgIpc) is 3.08. The standard InChI is InChI=1S/C16H26N4O2/c1-2-3-4-5-9-17-15(21)13-7-6-11-20(12-13)16(22)14-8-10-18-19-14/h8,10,13H,2-7,9,11-12H2,1H3,(H,17,21)(H,18,19). The van der Waals surface area contributed by atoms with E-state index in [0.29, 0.717) is 18.8 Å². The van der Waals surface area contributed by atoms with Gasteiger partial charge in [-0.2, -0.15) is 5.10 Å². The van der Waals surface area contributed by atoms with Gasteiger partial charge < -0.3 is 10.2 Å². The van der Waals surface area contributed by atoms with E-state index in [0.717, 1.165) is 32.2 Å². The summed E-state index contributed by atoms with van der Waals surface area (Å²) in [4.78, 5) is 26.2. The van der Waals surface area contributed by atoms with Crippen molar-refractivity contribution in [2.24, 2.45) is 5.92 Å². The number of likely N-dealkylation sites (tertiary alicyclic amines) is 1. The number of nitrogens with one attached hydrogen (secondary N) is 2. The molecular weight excluding hydrogens is 280 g/mol. The van der Waals surface area contributed by atoms with E-state index in [4.69, 9.17) is 0 Å². The molecule has 2 amide bonds. The number of carbonyl (C=O) groups is 2. The zero-order valence-electron chi connectivity index (χ0n) is 13.3. The Bertz CT molecular complexity index is 473. The second-order valence-corrected chi connectivity index (χ2v) is 5.91. The first-order valence-electron chi connectivity index (χ1n) is 8.28. The lowest BCUT2D eigenvalue weighted by molar-refractivity contribution is -0.126. The van der Waals surface area contributed by atoms with Gasteiger partial charge in [0.2, 0.25) is 5.91 Å². The molecule has 2 N–H and O–H groups in total. The van der Waals surface area contributed by atoms with Gasteiger partial charge in [-0.15, -0.1) is 0 Å². The topological polar surface area (TPSA) is 78.1 Å². The second kappa shape index (κ2) is 8.56. The van der Waals surface area contributed by atoms with Crippen LogP contribution in [0.15, 0.2) is 12.3 Å². The Morgan fingerprint density at radius 1 is 1.41 bits per heavy atom. The number of amides is 2. The molecule has 1 aromatic rings. The van der Waals surface area contributed by atoms with Crippen molar-refractivity contribution < 1.29 is 9.59 Å². The van der Waals surface area contributed by atoms with Gasteiger partial charge >= 0.3 is 0 Å². The van der Waals surface area contributed by atoms with Crippen LogP contribution in [0.4, 0.5) is 0 Å². The summed E-state index contributed by atoms with van der Waals surface area (Å²) in [5.74, 6) is -0.0802. The minimum atomic E-state index is -0.0909. The van der Waals surface area contributed by atoms with E-state index in [-0.39, 0.29) is 17.7 Å². The SMILES string of the molecule is CCCCCCNC(=O)C1CCCN(C(=O)c2ccn[nH]2)C1. The van der Waals surface area contributed by atoms with Crippen LogP contribution in [0, 0.1) is 5.92 Å². The van der Waals surface area contributed by atoms with E-state index in [1.54, 1.807) is 17.2 Å². The number of rotatable bonds is 7. The number of nitrogens with zero attached hydrogens (tertiary/aromatic N) is 2. The Kier molecular flexibility index (Phi) is 6.43. The van der Waals surface area contributed by atoms with E-state index in [1.807, 2.05) is 0 Å². The molecule has 1 atom stereocenters. The van der Waals surface area contributed by atoms with E-state index >= 15 is 0 Å². The van der Waals surface area contributed by atoms with Crippen molar-refractivity contribution in [1.82, 2.24) is 20.4 Å². The highest BCUT2D eigenvalue weighted by atomic mass is 16.2. The Morgan fingerprint density at radius 2 is 2.27 bits per heavy atom. The second-order valence-electron chi connectivity index (χ2n) is 5.91. The number of aromatic nitrogens is 2. The first-order chi connectivity index (χ1) is 10.7. The molecule has 1 fully saturated rings. The molecule has 1 saturated heterocycles. The lowest BCUT2D eigenvalue weighted by Gasteiger charge is -2.31. The van der Waals surface area contributed by atoms with Crippen molar-refractivity contribution in [2.75, 3.05) is 19.6 Å². The predicted octanol–water partition coefficient (Wildman–Crippen LogP) is 1.96. The van der Waals surface area contributed by atoms with Crippen LogP contribution < -0.4 is 5.32 Å². The van der Waals surface area contributed by atoms with E-state index < -0.39 is 0 Å². The third kappa shape index (κ3) is 4.58. The maximum absolute atomic E-state index is 12.3. The van der Waals surface area contributed by atoms with Gasteiger partial charge in [0.15, 0.2) is 0 Å². The number of H-pyrrole nitrogens is 1. The molecule has 1 aliphatic heterocycles. The number of carbonyl (C=O) groups excluding carboxylic acids is 2. The molecular formula is C16H26N4O2. The molecule has 1 aromatic heterocycles. The summed E-state index contributed by atoms with van der Waals surface area (Å²) in [5, 5.41) is 9.50. The van der Waals surface area contributed by atoms with Gasteiger partial charge in [0, 0.05) is 25.8 Å². The van der Waals surface area contributed by atoms with Crippen molar-refractivity contribution in [3.05, 3.63) is 18.0 Å². The Hall–Kier alpha value is -1.85. The summed E-state index contributed by atoms with van der Waals surface area (Å²) < 4.78 is 0. The van der Waals surface area contributed by atoms with Gasteiger partial charge in [-0.3, -0.25) is 14.7 Å². The highest BCUT2D eigenvalue weighted by Gasteiger charge is 2.29. The van der Waals surface area contributed by atoms with E-state index in [1.165, 1.54) is 12.8 Å². The van der Waals surface area contributed by atoms with Crippen molar-refractivity contribution >= 4 is 11.8 Å². The highest BCUT2D eigenvalue weighted by molar-refractivity contribution is 5.92. The first kappa shape index (κ1) is 16.5. The van der Waals surface area contributed by atoms with Gasteiger partial charge in [0.1, 0.15) is 5.69 Å². The molecule has 6 nitrogen and oxygen atoms in total. The summed E-state index contributed by atoms with van der Waals surface area (Å²) in [6, 6.07) is 1.67. The van der Waals surface area contributed by atoms with Crippen molar-refractivity contribution in [3.63, 3.8) is 0 Å². The fraction of sp³-hybridized carbons (Fsp3) is 0.688. The lowest BCUT2D eigenvalue weighted by Crippen LogP contribution is -2.45. The molecule has 0 saturated carbocycles. The summed E-state index contributed by atoms with van der Waals surface area (Å²) in [5.41, 5.74) is 0.487. The molecule has 1 unspecified atom stereocenters. The number of unbranched alkanes of at least 4 members (excludes halogenated alkanes) is 3. The van der Waals surface area contributed by atoms with Gasteiger partial charge in [-0.05, 0) is 25.3 Å². The van der Waals surface area contributed by atoms with Crippen LogP contribution in [0.1, 0.15) is 55.9 Å². The molecule has 0 radical (unpaired) electrons. The molecule has 0 bridgehead atoms. The van der Waals surface area contributed by atoms with Crippen molar-refractivity contribution in [3.8, 4) is 0 Å². The molecule has 0 aliphatic carbocycles. The van der Waals surface area contributed by atoms with Crippen LogP contribution >= 0.6 is 0 Å². The van der Waals surface area contributed by atoms with Gasteiger partial charge in [-0.1, -0.05) is 26.2 Å². The van der Waals surface area contributed by atoms with Crippen LogP contribution in [0.25, 0.3) is 0 Å². The monoisotopic (exact) mass is 306 g/mol. The molecule has 0 spiro atoms. The minimum absolute atomic E-state index is 0.0713. The van der Waals surface area contributed by atoms with Gasteiger partial charge in [-0.25, -0.2) is 0 Å². The normalized spacial score (nSPS) is 18.2. The number of hydrogen-bond acceptors (Lipinski definition) is 3. The van der Waals surface area contributed by atoms with E-state index in [2.05, 4.69) is 22.4 Å². The number of aromatic amines is 1. The Morgan fingerprint density at radius 3 is 3.00 bits per heavy atom. The summed E-state index contributed by atoms with van der Waals surface area (Å²) in [7, 11) is 0. The van der Waals surface area contributed by atoms with Crippen LogP contribution in [-0.4, -0.2) is 46.5 Å². The van der Waals surface area contributed by atoms with E-state index in [9.17, 15) is 9.59 Å². The molecule has 122 valence electrons. The summed E-state index contributed by atoms with van der Waals surface area (Å²) in [6.45, 7) is 4.12. The van der Waals surface area contributed by atoms with Crippen molar-refractivity contribution in [2.45, 2.75) is 45.4 Å². The number of hydrogen-bond donors (Lipinski definition) is 2. The smallest absolute Gasteiger partial charge is 0.271 e. The maximum atomic E-state index is 12.3. The molecule has 6 heteroatoms. The summed E-state index contributed by atoms with van der Waals surface area (Å²) in [6.07, 6.45) is 7.89. The maximum Gasteiger partial charge on any atom is 0.271 e. The minimum Gasteiger partial charge on any atom is -0.356 e. The lowest BCUT2D eigenvalue weighted by atomic mass is 9.96. The zero-order chi connectivity index (χ0) is 15.8. The molecule has 22 heavy (non-hydrogen) atoms. The van der Waals surface area contributed by atoms with Crippen LogP contribution in [-0.2, 0) is 4.79 Å². The van der Waals surface area contributed by atoms with Crippen LogP contribution in [0.5, 0.6) is 0 Å². The fourth-order valence-corrected chi connectivity index (χ4v) is 2.83. The third-order valence-electron chi connectivity index (χ3n) is 4.14. The molecule has 2 rings (SSSR count). The van der Waals surface area contributed by atoms with Crippen LogP contribution in [0.3, 0.4) is 0 Å². The molecule has 1 aliphatic rings. The summed E-state index contributed by atoms with van der Waals surface area (Å²) >= 11 is 0. The quantitative estimate of drug-likeness (QED) is 0.756. The van der Waals surface area contributed by atoms with Gasteiger partial charge in [0.05, 0.1) is 5.92 Å². The highest BCUT2D eigenvalue weighted by Crippen LogP contribution is 2.18. The molecule has 2 heterocycles. The van der Waals surface area contributed by atoms with Crippen LogP contribution in [0.2, 0.25) is 0 Å². The third-order valence-corrected chi connectivity index (χ3v) is 4.14. The average molecular weight is 306 g/mol. The van der Waals surface area contributed by atoms with Gasteiger partial charge in [0.25, 0.3) is 5.91 Å². The first-order valence-corrected chi connectivity index (χ1v) is 8.28. The number of piperidine rings is 1. The Balaban J connectivity index is 1.77. The molecule has 0 aromatic carbocycles.